The number of benzene rings is 2. The minimum absolute atomic E-state index is 0.113. The van der Waals surface area contributed by atoms with Crippen molar-refractivity contribution >= 4 is 11.6 Å². The number of aryl methyl sites for hydroxylation is 1. The van der Waals surface area contributed by atoms with Crippen molar-refractivity contribution in [2.45, 2.75) is 32.3 Å². The number of aliphatic hydroxyl groups excluding tert-OH is 1. The normalized spacial score (nSPS) is 15.2. The molecule has 25 heavy (non-hydrogen) atoms. The maximum absolute atomic E-state index is 12.7. The monoisotopic (exact) mass is 338 g/mol. The first-order chi connectivity index (χ1) is 12.1. The fourth-order valence-electron chi connectivity index (χ4n) is 3.33. The molecule has 1 unspecified atom stereocenters. The lowest BCUT2D eigenvalue weighted by Crippen LogP contribution is -2.34. The number of carbonyl (C=O) groups excluding carboxylic acids is 1. The van der Waals surface area contributed by atoms with Crippen molar-refractivity contribution in [1.29, 1.82) is 0 Å². The highest BCUT2D eigenvalue weighted by atomic mass is 16.3. The van der Waals surface area contributed by atoms with Crippen molar-refractivity contribution in [2.24, 2.45) is 0 Å². The molecular weight excluding hydrogens is 312 g/mol. The van der Waals surface area contributed by atoms with E-state index in [0.29, 0.717) is 12.0 Å². The molecule has 1 aliphatic heterocycles. The molecule has 0 radical (unpaired) electrons. The number of aliphatic hydroxyl groups is 1. The van der Waals surface area contributed by atoms with Gasteiger partial charge in [0.25, 0.3) is 5.91 Å². The molecule has 132 valence electrons. The van der Waals surface area contributed by atoms with Crippen LogP contribution in [0.15, 0.2) is 48.5 Å². The lowest BCUT2D eigenvalue weighted by atomic mass is 10.1. The van der Waals surface area contributed by atoms with Crippen LogP contribution in [0.3, 0.4) is 0 Å². The van der Waals surface area contributed by atoms with Crippen LogP contribution in [-0.2, 0) is 6.42 Å². The molecule has 0 spiro atoms. The van der Waals surface area contributed by atoms with E-state index < -0.39 is 6.10 Å². The zero-order valence-electron chi connectivity index (χ0n) is 14.7. The standard InChI is InChI=1S/C21H26N2O2/c1-16-9-10-20(23-11-5-6-12-23)19(13-16)21(25)22-15-18(24)14-17-7-3-2-4-8-17/h2-4,7-10,13,18,24H,5-6,11-12,14-15H2,1H3,(H,22,25). The first-order valence-electron chi connectivity index (χ1n) is 8.99. The molecule has 1 atom stereocenters. The van der Waals surface area contributed by atoms with E-state index in [2.05, 4.69) is 16.3 Å². The van der Waals surface area contributed by atoms with E-state index in [1.54, 1.807) is 0 Å². The predicted molar refractivity (Wildman–Crippen MR) is 101 cm³/mol. The molecule has 3 rings (SSSR count). The van der Waals surface area contributed by atoms with E-state index in [4.69, 9.17) is 0 Å². The number of carbonyl (C=O) groups is 1. The van der Waals surface area contributed by atoms with E-state index in [1.807, 2.05) is 49.4 Å². The summed E-state index contributed by atoms with van der Waals surface area (Å²) in [5, 5.41) is 13.1. The van der Waals surface area contributed by atoms with Crippen molar-refractivity contribution < 1.29 is 9.90 Å². The van der Waals surface area contributed by atoms with Crippen LogP contribution in [-0.4, -0.2) is 36.8 Å². The molecule has 4 heteroatoms. The summed E-state index contributed by atoms with van der Waals surface area (Å²) in [7, 11) is 0. The van der Waals surface area contributed by atoms with Crippen LogP contribution in [0.1, 0.15) is 34.3 Å². The van der Waals surface area contributed by atoms with Gasteiger partial charge in [-0.15, -0.1) is 0 Å². The quantitative estimate of drug-likeness (QED) is 0.851. The topological polar surface area (TPSA) is 52.6 Å². The zero-order chi connectivity index (χ0) is 17.6. The summed E-state index contributed by atoms with van der Waals surface area (Å²) in [6.45, 7) is 4.25. The minimum Gasteiger partial charge on any atom is -0.391 e. The minimum atomic E-state index is -0.591. The van der Waals surface area contributed by atoms with Crippen LogP contribution < -0.4 is 10.2 Å². The summed E-state index contributed by atoms with van der Waals surface area (Å²) in [5.41, 5.74) is 3.84. The van der Waals surface area contributed by atoms with E-state index in [0.717, 1.165) is 29.9 Å². The Kier molecular flexibility index (Phi) is 5.71. The molecule has 1 fully saturated rings. The largest absolute Gasteiger partial charge is 0.391 e. The number of anilines is 1. The fraction of sp³-hybridized carbons (Fsp3) is 0.381. The van der Waals surface area contributed by atoms with E-state index in [9.17, 15) is 9.90 Å². The first-order valence-corrected chi connectivity index (χ1v) is 8.99. The summed E-state index contributed by atoms with van der Waals surface area (Å²) in [4.78, 5) is 15.0. The lowest BCUT2D eigenvalue weighted by Gasteiger charge is -2.22. The Morgan fingerprint density at radius 2 is 1.88 bits per heavy atom. The number of nitrogens with zero attached hydrogens (tertiary/aromatic N) is 1. The van der Waals surface area contributed by atoms with Crippen LogP contribution in [0.25, 0.3) is 0 Å². The molecular formula is C21H26N2O2. The second-order valence-corrected chi connectivity index (χ2v) is 6.77. The molecule has 0 bridgehead atoms. The third kappa shape index (κ3) is 4.60. The van der Waals surface area contributed by atoms with Gasteiger partial charge in [0.1, 0.15) is 0 Å². The summed E-state index contributed by atoms with van der Waals surface area (Å²) >= 11 is 0. The molecule has 0 aliphatic carbocycles. The molecule has 1 heterocycles. The van der Waals surface area contributed by atoms with Gasteiger partial charge in [-0.25, -0.2) is 0 Å². The average Bonchev–Trinajstić information content (AvgIpc) is 3.15. The zero-order valence-corrected chi connectivity index (χ0v) is 14.7. The number of rotatable bonds is 6. The molecule has 0 saturated carbocycles. The molecule has 4 nitrogen and oxygen atoms in total. The highest BCUT2D eigenvalue weighted by Gasteiger charge is 2.20. The van der Waals surface area contributed by atoms with E-state index in [1.165, 1.54) is 12.8 Å². The smallest absolute Gasteiger partial charge is 0.253 e. The molecule has 0 aromatic heterocycles. The van der Waals surface area contributed by atoms with Crippen LogP contribution in [0.4, 0.5) is 5.69 Å². The molecule has 1 amide bonds. The summed E-state index contributed by atoms with van der Waals surface area (Å²) in [6.07, 6.45) is 2.29. The Balaban J connectivity index is 1.63. The second kappa shape index (κ2) is 8.17. The Morgan fingerprint density at radius 1 is 1.16 bits per heavy atom. The summed E-state index contributed by atoms with van der Waals surface area (Å²) in [6, 6.07) is 15.9. The van der Waals surface area contributed by atoms with Gasteiger partial charge < -0.3 is 15.3 Å². The van der Waals surface area contributed by atoms with Crippen molar-refractivity contribution in [3.8, 4) is 0 Å². The van der Waals surface area contributed by atoms with Gasteiger partial charge >= 0.3 is 0 Å². The lowest BCUT2D eigenvalue weighted by molar-refractivity contribution is 0.0916. The highest BCUT2D eigenvalue weighted by Crippen LogP contribution is 2.25. The number of amides is 1. The SMILES string of the molecule is Cc1ccc(N2CCCC2)c(C(=O)NCC(O)Cc2ccccc2)c1. The van der Waals surface area contributed by atoms with Crippen LogP contribution in [0, 0.1) is 6.92 Å². The van der Waals surface area contributed by atoms with Crippen molar-refractivity contribution in [1.82, 2.24) is 5.32 Å². The molecule has 1 aliphatic rings. The van der Waals surface area contributed by atoms with Crippen LogP contribution in [0.5, 0.6) is 0 Å². The average molecular weight is 338 g/mol. The van der Waals surface area contributed by atoms with Crippen molar-refractivity contribution in [3.05, 3.63) is 65.2 Å². The van der Waals surface area contributed by atoms with Gasteiger partial charge in [-0.2, -0.15) is 0 Å². The molecule has 2 aromatic rings. The van der Waals surface area contributed by atoms with Gasteiger partial charge in [0.2, 0.25) is 0 Å². The number of hydrogen-bond donors (Lipinski definition) is 2. The molecule has 1 saturated heterocycles. The second-order valence-electron chi connectivity index (χ2n) is 6.77. The van der Waals surface area contributed by atoms with Gasteiger partial charge in [-0.3, -0.25) is 4.79 Å². The van der Waals surface area contributed by atoms with Crippen molar-refractivity contribution in [2.75, 3.05) is 24.5 Å². The molecule has 2 aromatic carbocycles. The number of hydrogen-bond acceptors (Lipinski definition) is 3. The number of nitrogens with one attached hydrogen (secondary N) is 1. The van der Waals surface area contributed by atoms with E-state index in [-0.39, 0.29) is 12.5 Å². The Labute approximate surface area is 149 Å². The van der Waals surface area contributed by atoms with Gasteiger partial charge in [0.15, 0.2) is 0 Å². The predicted octanol–water partition coefficient (Wildman–Crippen LogP) is 2.93. The van der Waals surface area contributed by atoms with E-state index >= 15 is 0 Å². The highest BCUT2D eigenvalue weighted by molar-refractivity contribution is 6.00. The molecule has 2 N–H and O–H groups in total. The first kappa shape index (κ1) is 17.5. The summed E-state index contributed by atoms with van der Waals surface area (Å²) in [5.74, 6) is -0.113. The third-order valence-corrected chi connectivity index (χ3v) is 4.66. The van der Waals surface area contributed by atoms with Gasteiger partial charge in [-0.05, 0) is 37.5 Å². The maximum Gasteiger partial charge on any atom is 0.253 e. The maximum atomic E-state index is 12.7. The van der Waals surface area contributed by atoms with Gasteiger partial charge in [0, 0.05) is 31.7 Å². The Hall–Kier alpha value is -2.33. The fourth-order valence-corrected chi connectivity index (χ4v) is 3.33. The van der Waals surface area contributed by atoms with Crippen LogP contribution in [0.2, 0.25) is 0 Å². The van der Waals surface area contributed by atoms with Crippen LogP contribution >= 0.6 is 0 Å². The Morgan fingerprint density at radius 3 is 2.60 bits per heavy atom. The van der Waals surface area contributed by atoms with Gasteiger partial charge in [0.05, 0.1) is 11.7 Å². The third-order valence-electron chi connectivity index (χ3n) is 4.66. The van der Waals surface area contributed by atoms with Crippen molar-refractivity contribution in [3.63, 3.8) is 0 Å². The summed E-state index contributed by atoms with van der Waals surface area (Å²) < 4.78 is 0. The van der Waals surface area contributed by atoms with Gasteiger partial charge in [-0.1, -0.05) is 42.0 Å². The Bertz CT molecular complexity index is 709.